The Morgan fingerprint density at radius 3 is 2.95 bits per heavy atom. The summed E-state index contributed by atoms with van der Waals surface area (Å²) in [6.45, 7) is 9.75. The summed E-state index contributed by atoms with van der Waals surface area (Å²) >= 11 is 0. The minimum Gasteiger partial charge on any atom is -0.465 e. The molecule has 2 rings (SSSR count). The van der Waals surface area contributed by atoms with Crippen LogP contribution in [0.25, 0.3) is 0 Å². The molecule has 0 amide bonds. The first kappa shape index (κ1) is 16.5. The molecule has 0 aliphatic carbocycles. The SMILES string of the molecule is Cc1oc(CNC(C)C)cc1COCC1CCCCN1C. The van der Waals surface area contributed by atoms with E-state index in [0.717, 1.165) is 24.7 Å². The normalized spacial score (nSPS) is 20.3. The lowest BCUT2D eigenvalue weighted by Gasteiger charge is -2.32. The second kappa shape index (κ2) is 7.97. The Labute approximate surface area is 128 Å². The predicted octanol–water partition coefficient (Wildman–Crippen LogP) is 3.09. The van der Waals surface area contributed by atoms with E-state index in [0.29, 0.717) is 18.7 Å². The summed E-state index contributed by atoms with van der Waals surface area (Å²) in [5.74, 6) is 1.97. The van der Waals surface area contributed by atoms with Gasteiger partial charge in [0.1, 0.15) is 11.5 Å². The van der Waals surface area contributed by atoms with Gasteiger partial charge in [-0.25, -0.2) is 0 Å². The number of ether oxygens (including phenoxy) is 1. The van der Waals surface area contributed by atoms with Crippen LogP contribution in [0.1, 0.15) is 50.2 Å². The molecule has 1 N–H and O–H groups in total. The van der Waals surface area contributed by atoms with Crippen LogP contribution in [0, 0.1) is 6.92 Å². The zero-order valence-corrected chi connectivity index (χ0v) is 13.9. The number of likely N-dealkylation sites (N-methyl/N-ethyl adjacent to an activating group) is 1. The summed E-state index contributed by atoms with van der Waals surface area (Å²) in [6, 6.07) is 3.17. The van der Waals surface area contributed by atoms with Gasteiger partial charge in [0.05, 0.1) is 19.8 Å². The summed E-state index contributed by atoms with van der Waals surface area (Å²) in [6.07, 6.45) is 3.90. The fourth-order valence-corrected chi connectivity index (χ4v) is 2.78. The third kappa shape index (κ3) is 5.13. The Morgan fingerprint density at radius 2 is 2.24 bits per heavy atom. The molecule has 1 aromatic heterocycles. The van der Waals surface area contributed by atoms with Crippen molar-refractivity contribution in [3.8, 4) is 0 Å². The molecule has 1 saturated heterocycles. The van der Waals surface area contributed by atoms with Crippen molar-refractivity contribution in [3.63, 3.8) is 0 Å². The summed E-state index contributed by atoms with van der Waals surface area (Å²) in [7, 11) is 2.20. The van der Waals surface area contributed by atoms with Crippen LogP contribution >= 0.6 is 0 Å². The molecule has 0 saturated carbocycles. The first-order chi connectivity index (χ1) is 10.1. The average molecular weight is 294 g/mol. The lowest BCUT2D eigenvalue weighted by Crippen LogP contribution is -2.39. The molecule has 0 spiro atoms. The number of piperidine rings is 1. The van der Waals surface area contributed by atoms with Gasteiger partial charge in [-0.1, -0.05) is 20.3 Å². The van der Waals surface area contributed by atoms with Crippen molar-refractivity contribution in [2.24, 2.45) is 0 Å². The van der Waals surface area contributed by atoms with Gasteiger partial charge in [0.15, 0.2) is 0 Å². The van der Waals surface area contributed by atoms with E-state index >= 15 is 0 Å². The van der Waals surface area contributed by atoms with Crippen molar-refractivity contribution >= 4 is 0 Å². The van der Waals surface area contributed by atoms with Gasteiger partial charge in [-0.05, 0) is 39.4 Å². The quantitative estimate of drug-likeness (QED) is 0.838. The monoisotopic (exact) mass is 294 g/mol. The van der Waals surface area contributed by atoms with Gasteiger partial charge in [-0.3, -0.25) is 0 Å². The number of aryl methyl sites for hydroxylation is 1. The minimum absolute atomic E-state index is 0.469. The van der Waals surface area contributed by atoms with Gasteiger partial charge in [0.25, 0.3) is 0 Å². The molecule has 4 nitrogen and oxygen atoms in total. The number of furan rings is 1. The number of hydrogen-bond donors (Lipinski definition) is 1. The highest BCUT2D eigenvalue weighted by molar-refractivity contribution is 5.20. The minimum atomic E-state index is 0.469. The van der Waals surface area contributed by atoms with Crippen LogP contribution in [-0.4, -0.2) is 37.2 Å². The van der Waals surface area contributed by atoms with Crippen LogP contribution in [0.2, 0.25) is 0 Å². The number of rotatable bonds is 7. The van der Waals surface area contributed by atoms with Gasteiger partial charge in [0.2, 0.25) is 0 Å². The molecule has 21 heavy (non-hydrogen) atoms. The van der Waals surface area contributed by atoms with E-state index in [1.165, 1.54) is 31.4 Å². The van der Waals surface area contributed by atoms with Crippen LogP contribution < -0.4 is 5.32 Å². The smallest absolute Gasteiger partial charge is 0.118 e. The van der Waals surface area contributed by atoms with Crippen LogP contribution in [0.3, 0.4) is 0 Å². The number of nitrogens with zero attached hydrogens (tertiary/aromatic N) is 1. The lowest BCUT2D eigenvalue weighted by atomic mass is 10.0. The first-order valence-electron chi connectivity index (χ1n) is 8.16. The number of nitrogens with one attached hydrogen (secondary N) is 1. The van der Waals surface area contributed by atoms with E-state index in [2.05, 4.69) is 37.2 Å². The summed E-state index contributed by atoms with van der Waals surface area (Å²) in [5, 5.41) is 3.37. The molecule has 0 aromatic carbocycles. The Morgan fingerprint density at radius 1 is 1.43 bits per heavy atom. The van der Waals surface area contributed by atoms with E-state index in [1.54, 1.807) is 0 Å². The maximum Gasteiger partial charge on any atom is 0.118 e. The van der Waals surface area contributed by atoms with Gasteiger partial charge in [0, 0.05) is 17.6 Å². The zero-order chi connectivity index (χ0) is 15.2. The topological polar surface area (TPSA) is 37.6 Å². The highest BCUT2D eigenvalue weighted by Gasteiger charge is 2.19. The van der Waals surface area contributed by atoms with E-state index in [4.69, 9.17) is 9.15 Å². The molecular formula is C17H30N2O2. The van der Waals surface area contributed by atoms with E-state index in [-0.39, 0.29) is 0 Å². The molecule has 1 unspecified atom stereocenters. The van der Waals surface area contributed by atoms with Gasteiger partial charge >= 0.3 is 0 Å². The van der Waals surface area contributed by atoms with Crippen molar-refractivity contribution in [2.45, 2.75) is 65.3 Å². The molecule has 120 valence electrons. The van der Waals surface area contributed by atoms with Crippen molar-refractivity contribution in [1.82, 2.24) is 10.2 Å². The average Bonchev–Trinajstić information content (AvgIpc) is 2.79. The molecule has 0 bridgehead atoms. The van der Waals surface area contributed by atoms with Crippen LogP contribution in [0.15, 0.2) is 10.5 Å². The van der Waals surface area contributed by atoms with E-state index in [9.17, 15) is 0 Å². The Hall–Kier alpha value is -0.840. The van der Waals surface area contributed by atoms with Crippen LogP contribution in [0.5, 0.6) is 0 Å². The van der Waals surface area contributed by atoms with Crippen molar-refractivity contribution in [3.05, 3.63) is 23.2 Å². The van der Waals surface area contributed by atoms with Gasteiger partial charge < -0.3 is 19.4 Å². The van der Waals surface area contributed by atoms with Gasteiger partial charge in [-0.15, -0.1) is 0 Å². The van der Waals surface area contributed by atoms with Crippen molar-refractivity contribution < 1.29 is 9.15 Å². The highest BCUT2D eigenvalue weighted by atomic mass is 16.5. The molecule has 4 heteroatoms. The molecule has 2 heterocycles. The van der Waals surface area contributed by atoms with E-state index < -0.39 is 0 Å². The Balaban J connectivity index is 1.77. The standard InChI is InChI=1S/C17H30N2O2/c1-13(2)18-10-17-9-15(14(3)21-17)11-20-12-16-7-5-6-8-19(16)4/h9,13,16,18H,5-8,10-12H2,1-4H3. The van der Waals surface area contributed by atoms with Crippen molar-refractivity contribution in [2.75, 3.05) is 20.2 Å². The maximum absolute atomic E-state index is 5.93. The number of hydrogen-bond acceptors (Lipinski definition) is 4. The first-order valence-corrected chi connectivity index (χ1v) is 8.16. The summed E-state index contributed by atoms with van der Waals surface area (Å²) in [4.78, 5) is 2.42. The lowest BCUT2D eigenvalue weighted by molar-refractivity contribution is 0.0440. The summed E-state index contributed by atoms with van der Waals surface area (Å²) < 4.78 is 11.7. The Kier molecular flexibility index (Phi) is 6.27. The zero-order valence-electron chi connectivity index (χ0n) is 13.9. The molecule has 1 aliphatic rings. The largest absolute Gasteiger partial charge is 0.465 e. The molecule has 0 radical (unpaired) electrons. The second-order valence-electron chi connectivity index (χ2n) is 6.48. The van der Waals surface area contributed by atoms with Gasteiger partial charge in [-0.2, -0.15) is 0 Å². The molecule has 1 aliphatic heterocycles. The summed E-state index contributed by atoms with van der Waals surface area (Å²) in [5.41, 5.74) is 1.18. The molecule has 1 atom stereocenters. The molecule has 1 aromatic rings. The van der Waals surface area contributed by atoms with Crippen LogP contribution in [0.4, 0.5) is 0 Å². The third-order valence-corrected chi connectivity index (χ3v) is 4.25. The second-order valence-corrected chi connectivity index (χ2v) is 6.48. The fraction of sp³-hybridized carbons (Fsp3) is 0.765. The maximum atomic E-state index is 5.93. The predicted molar refractivity (Wildman–Crippen MR) is 85.3 cm³/mol. The van der Waals surface area contributed by atoms with Crippen LogP contribution in [-0.2, 0) is 17.9 Å². The Bertz CT molecular complexity index is 428. The van der Waals surface area contributed by atoms with E-state index in [1.807, 2.05) is 6.92 Å². The molecular weight excluding hydrogens is 264 g/mol. The van der Waals surface area contributed by atoms with Crippen molar-refractivity contribution in [1.29, 1.82) is 0 Å². The number of likely N-dealkylation sites (tertiary alicyclic amines) is 1. The third-order valence-electron chi connectivity index (χ3n) is 4.25. The fourth-order valence-electron chi connectivity index (χ4n) is 2.78. The highest BCUT2D eigenvalue weighted by Crippen LogP contribution is 2.18. The molecule has 1 fully saturated rings.